The zero-order chi connectivity index (χ0) is 12.6. The number of fused-ring (bicyclic) bond motifs is 1. The summed E-state index contributed by atoms with van der Waals surface area (Å²) in [5, 5.41) is 9.75. The highest BCUT2D eigenvalue weighted by Gasteiger charge is 2.30. The average Bonchev–Trinajstić information content (AvgIpc) is 2.50. The van der Waals surface area contributed by atoms with Crippen LogP contribution in [-0.4, -0.2) is 26.6 Å². The van der Waals surface area contributed by atoms with E-state index in [2.05, 4.69) is 0 Å². The maximum absolute atomic E-state index is 11.8. The van der Waals surface area contributed by atoms with Crippen LogP contribution in [0.5, 0.6) is 5.75 Å². The number of benzene rings is 1. The Morgan fingerprint density at radius 1 is 1.41 bits per heavy atom. The van der Waals surface area contributed by atoms with Gasteiger partial charge in [0.2, 0.25) is 9.84 Å². The maximum Gasteiger partial charge on any atom is 0.307 e. The lowest BCUT2D eigenvalue weighted by atomic mass is 10.0. The van der Waals surface area contributed by atoms with Crippen LogP contribution < -0.4 is 4.74 Å². The molecule has 0 amide bonds. The summed E-state index contributed by atoms with van der Waals surface area (Å²) in [4.78, 5) is 10.8. The van der Waals surface area contributed by atoms with Gasteiger partial charge in [0, 0.05) is 11.0 Å². The second-order valence-corrected chi connectivity index (χ2v) is 5.36. The lowest BCUT2D eigenvalue weighted by Crippen LogP contribution is -1.98. The van der Waals surface area contributed by atoms with Gasteiger partial charge in [-0.05, 0) is 17.7 Å². The molecule has 1 aliphatic rings. The third kappa shape index (κ3) is 1.91. The van der Waals surface area contributed by atoms with Crippen molar-refractivity contribution in [3.63, 3.8) is 0 Å². The normalized spacial score (nSPS) is 16.2. The summed E-state index contributed by atoms with van der Waals surface area (Å²) in [6.45, 7) is 0. The van der Waals surface area contributed by atoms with Gasteiger partial charge in [0.15, 0.2) is 0 Å². The average molecular weight is 254 g/mol. The molecule has 0 saturated carbocycles. The maximum atomic E-state index is 11.8. The highest BCUT2D eigenvalue weighted by atomic mass is 32.2. The van der Waals surface area contributed by atoms with Gasteiger partial charge in [-0.25, -0.2) is 8.42 Å². The van der Waals surface area contributed by atoms with Crippen molar-refractivity contribution in [2.45, 2.75) is 11.3 Å². The monoisotopic (exact) mass is 254 g/mol. The molecule has 0 atom stereocenters. The smallest absolute Gasteiger partial charge is 0.307 e. The van der Waals surface area contributed by atoms with E-state index < -0.39 is 15.8 Å². The first-order chi connectivity index (χ1) is 7.95. The Morgan fingerprint density at radius 3 is 2.71 bits per heavy atom. The number of carboxylic acid groups (broad SMARTS) is 1. The lowest BCUT2D eigenvalue weighted by Gasteiger charge is -2.08. The molecule has 1 N–H and O–H groups in total. The van der Waals surface area contributed by atoms with Gasteiger partial charge in [-0.1, -0.05) is 6.07 Å². The number of ether oxygens (including phenoxy) is 1. The predicted octanol–water partition coefficient (Wildman–Crippen LogP) is 1.30. The fourth-order valence-electron chi connectivity index (χ4n) is 1.84. The standard InChI is InChI=1S/C11H10O5S/c1-16-8-3-2-4-9-11(8)7(5-10(12)13)6-17(9,14)15/h2-4,6H,5H2,1H3,(H,12,13). The number of carboxylic acids is 1. The van der Waals surface area contributed by atoms with E-state index in [9.17, 15) is 13.2 Å². The van der Waals surface area contributed by atoms with E-state index >= 15 is 0 Å². The minimum atomic E-state index is -3.54. The molecule has 1 aromatic rings. The molecule has 2 rings (SSSR count). The summed E-state index contributed by atoms with van der Waals surface area (Å²) in [6.07, 6.45) is -0.341. The van der Waals surface area contributed by atoms with Gasteiger partial charge >= 0.3 is 5.97 Å². The molecule has 0 spiro atoms. The van der Waals surface area contributed by atoms with Gasteiger partial charge in [-0.2, -0.15) is 0 Å². The van der Waals surface area contributed by atoms with Crippen LogP contribution in [0.4, 0.5) is 0 Å². The first-order valence-corrected chi connectivity index (χ1v) is 6.35. The Morgan fingerprint density at radius 2 is 2.12 bits per heavy atom. The highest BCUT2D eigenvalue weighted by molar-refractivity contribution is 7.95. The molecular formula is C11H10O5S. The summed E-state index contributed by atoms with van der Waals surface area (Å²) in [5.74, 6) is -0.707. The van der Waals surface area contributed by atoms with Crippen LogP contribution >= 0.6 is 0 Å². The van der Waals surface area contributed by atoms with Crippen molar-refractivity contribution in [1.82, 2.24) is 0 Å². The fourth-order valence-corrected chi connectivity index (χ4v) is 3.32. The first kappa shape index (κ1) is 11.7. The van der Waals surface area contributed by atoms with E-state index in [1.54, 1.807) is 12.1 Å². The molecule has 1 aromatic carbocycles. The Kier molecular flexibility index (Phi) is 2.66. The van der Waals surface area contributed by atoms with Crippen molar-refractivity contribution < 1.29 is 23.1 Å². The number of aliphatic carboxylic acids is 1. The quantitative estimate of drug-likeness (QED) is 0.879. The molecule has 0 aromatic heterocycles. The third-order valence-electron chi connectivity index (χ3n) is 2.47. The van der Waals surface area contributed by atoms with Crippen LogP contribution in [0.25, 0.3) is 5.57 Å². The molecular weight excluding hydrogens is 244 g/mol. The summed E-state index contributed by atoms with van der Waals surface area (Å²) in [6, 6.07) is 4.61. The minimum Gasteiger partial charge on any atom is -0.496 e. The van der Waals surface area contributed by atoms with Crippen LogP contribution in [0.15, 0.2) is 28.5 Å². The fraction of sp³-hybridized carbons (Fsp3) is 0.182. The van der Waals surface area contributed by atoms with Crippen molar-refractivity contribution in [3.8, 4) is 5.75 Å². The summed E-state index contributed by atoms with van der Waals surface area (Å²) >= 11 is 0. The van der Waals surface area contributed by atoms with Crippen LogP contribution in [0.3, 0.4) is 0 Å². The zero-order valence-corrected chi connectivity index (χ0v) is 9.82. The van der Waals surface area contributed by atoms with E-state index in [1.165, 1.54) is 13.2 Å². The highest BCUT2D eigenvalue weighted by Crippen LogP contribution is 2.40. The molecule has 0 fully saturated rings. The van der Waals surface area contributed by atoms with Crippen molar-refractivity contribution >= 4 is 21.4 Å². The van der Waals surface area contributed by atoms with E-state index in [0.717, 1.165) is 5.41 Å². The number of hydrogen-bond donors (Lipinski definition) is 1. The van der Waals surface area contributed by atoms with Crippen LogP contribution in [0.2, 0.25) is 0 Å². The lowest BCUT2D eigenvalue weighted by molar-refractivity contribution is -0.135. The number of sulfone groups is 1. The van der Waals surface area contributed by atoms with Crippen molar-refractivity contribution in [3.05, 3.63) is 29.2 Å². The van der Waals surface area contributed by atoms with Crippen molar-refractivity contribution in [1.29, 1.82) is 0 Å². The molecule has 0 bridgehead atoms. The summed E-state index contributed by atoms with van der Waals surface area (Å²) in [7, 11) is -2.12. The van der Waals surface area contributed by atoms with E-state index in [4.69, 9.17) is 9.84 Å². The van der Waals surface area contributed by atoms with E-state index in [1.807, 2.05) is 0 Å². The van der Waals surface area contributed by atoms with Crippen molar-refractivity contribution in [2.75, 3.05) is 7.11 Å². The Bertz CT molecular complexity index is 613. The first-order valence-electron chi connectivity index (χ1n) is 4.80. The van der Waals surface area contributed by atoms with Crippen LogP contribution in [0.1, 0.15) is 12.0 Å². The number of hydrogen-bond acceptors (Lipinski definition) is 4. The molecule has 6 heteroatoms. The van der Waals surface area contributed by atoms with E-state index in [0.29, 0.717) is 11.3 Å². The molecule has 0 radical (unpaired) electrons. The second kappa shape index (κ2) is 3.89. The summed E-state index contributed by atoms with van der Waals surface area (Å²) in [5.41, 5.74) is 0.613. The van der Waals surface area contributed by atoms with Gasteiger partial charge < -0.3 is 9.84 Å². The van der Waals surface area contributed by atoms with Gasteiger partial charge in [0.1, 0.15) is 5.75 Å². The molecule has 1 heterocycles. The molecule has 1 aliphatic heterocycles. The van der Waals surface area contributed by atoms with Gasteiger partial charge in [0.05, 0.1) is 18.4 Å². The Hall–Kier alpha value is -1.82. The summed E-state index contributed by atoms with van der Waals surface area (Å²) < 4.78 is 28.6. The molecule has 17 heavy (non-hydrogen) atoms. The molecule has 0 aliphatic carbocycles. The van der Waals surface area contributed by atoms with Gasteiger partial charge in [-0.15, -0.1) is 0 Å². The predicted molar refractivity (Wildman–Crippen MR) is 60.4 cm³/mol. The number of rotatable bonds is 3. The molecule has 5 nitrogen and oxygen atoms in total. The van der Waals surface area contributed by atoms with E-state index in [-0.39, 0.29) is 16.9 Å². The van der Waals surface area contributed by atoms with Crippen molar-refractivity contribution in [2.24, 2.45) is 0 Å². The second-order valence-electron chi connectivity index (χ2n) is 3.59. The topological polar surface area (TPSA) is 80.7 Å². The minimum absolute atomic E-state index is 0.105. The zero-order valence-electron chi connectivity index (χ0n) is 9.00. The SMILES string of the molecule is COc1cccc2c1C(CC(=O)O)=CS2(=O)=O. The van der Waals surface area contributed by atoms with Gasteiger partial charge in [0.25, 0.3) is 0 Å². The third-order valence-corrected chi connectivity index (χ3v) is 4.02. The molecule has 0 unspecified atom stereocenters. The van der Waals surface area contributed by atoms with Crippen LogP contribution in [-0.2, 0) is 14.6 Å². The molecule has 90 valence electrons. The number of methoxy groups -OCH3 is 1. The van der Waals surface area contributed by atoms with Crippen LogP contribution in [0, 0.1) is 0 Å². The van der Waals surface area contributed by atoms with Gasteiger partial charge in [-0.3, -0.25) is 4.79 Å². The largest absolute Gasteiger partial charge is 0.496 e. The number of carbonyl (C=O) groups is 1. The Balaban J connectivity index is 2.66. The Labute approximate surface area is 98.3 Å². The molecule has 0 saturated heterocycles.